The number of aliphatic hydroxyl groups is 1. The monoisotopic (exact) mass is 428 g/mol. The van der Waals surface area contributed by atoms with Crippen LogP contribution in [0.5, 0.6) is 5.75 Å². The molecule has 0 fully saturated rings. The Kier molecular flexibility index (Phi) is 8.44. The third-order valence-corrected chi connectivity index (χ3v) is 5.57. The van der Waals surface area contributed by atoms with E-state index in [4.69, 9.17) is 4.74 Å². The van der Waals surface area contributed by atoms with Crippen LogP contribution in [0.4, 0.5) is 0 Å². The number of hydrogen-bond acceptors (Lipinski definition) is 4. The molecule has 4 nitrogen and oxygen atoms in total. The van der Waals surface area contributed by atoms with Gasteiger partial charge in [0.25, 0.3) is 0 Å². The van der Waals surface area contributed by atoms with Gasteiger partial charge in [0.2, 0.25) is 0 Å². The Morgan fingerprint density at radius 1 is 0.969 bits per heavy atom. The number of rotatable bonds is 11. The van der Waals surface area contributed by atoms with Crippen LogP contribution in [0, 0.1) is 11.3 Å². The molecule has 0 aliphatic heterocycles. The first-order valence-corrected chi connectivity index (χ1v) is 11.2. The summed E-state index contributed by atoms with van der Waals surface area (Å²) in [5.74, 6) is 0.495. The van der Waals surface area contributed by atoms with Gasteiger partial charge in [-0.15, -0.1) is 0 Å². The topological polar surface area (TPSA) is 65.3 Å². The highest BCUT2D eigenvalue weighted by molar-refractivity contribution is 5.67. The van der Waals surface area contributed by atoms with Crippen molar-refractivity contribution >= 4 is 0 Å². The number of aryl methyl sites for hydroxylation is 1. The predicted molar refractivity (Wildman–Crippen MR) is 130 cm³/mol. The van der Waals surface area contributed by atoms with E-state index >= 15 is 0 Å². The average Bonchev–Trinajstić information content (AvgIpc) is 2.82. The van der Waals surface area contributed by atoms with Crippen LogP contribution in [-0.2, 0) is 6.42 Å². The molecule has 0 bridgehead atoms. The molecule has 0 radical (unpaired) electrons. The molecule has 0 unspecified atom stereocenters. The first-order chi connectivity index (χ1) is 15.5. The van der Waals surface area contributed by atoms with Crippen molar-refractivity contribution < 1.29 is 9.84 Å². The normalized spacial score (nSPS) is 12.2. The molecule has 1 atom stereocenters. The summed E-state index contributed by atoms with van der Waals surface area (Å²) in [7, 11) is 0. The van der Waals surface area contributed by atoms with Crippen LogP contribution >= 0.6 is 0 Å². The van der Waals surface area contributed by atoms with Gasteiger partial charge in [-0.05, 0) is 61.9 Å². The first-order valence-electron chi connectivity index (χ1n) is 11.2. The summed E-state index contributed by atoms with van der Waals surface area (Å²) in [5, 5.41) is 23.3. The second-order valence-electron chi connectivity index (χ2n) is 8.76. The number of nitrogens with one attached hydrogen (secondary N) is 1. The van der Waals surface area contributed by atoms with Gasteiger partial charge in [0.15, 0.2) is 0 Å². The van der Waals surface area contributed by atoms with Crippen LogP contribution in [0.1, 0.15) is 37.8 Å². The van der Waals surface area contributed by atoms with Crippen LogP contribution in [0.25, 0.3) is 11.1 Å². The SMILES string of the molecule is CC(C)(CCCc1ccccc1)NC[C@@H](O)COc1cc(-c2ccccc2)ccc1C#N. The zero-order valence-corrected chi connectivity index (χ0v) is 18.9. The summed E-state index contributed by atoms with van der Waals surface area (Å²) in [5.41, 5.74) is 3.77. The largest absolute Gasteiger partial charge is 0.489 e. The molecule has 0 saturated heterocycles. The highest BCUT2D eigenvalue weighted by atomic mass is 16.5. The molecule has 0 aliphatic rings. The highest BCUT2D eigenvalue weighted by Crippen LogP contribution is 2.27. The van der Waals surface area contributed by atoms with Gasteiger partial charge in [0, 0.05) is 12.1 Å². The lowest BCUT2D eigenvalue weighted by Gasteiger charge is -2.28. The van der Waals surface area contributed by atoms with E-state index in [2.05, 4.69) is 49.5 Å². The van der Waals surface area contributed by atoms with Crippen molar-refractivity contribution in [1.29, 1.82) is 5.26 Å². The molecule has 2 N–H and O–H groups in total. The molecular formula is C28H32N2O2. The Bertz CT molecular complexity index is 1010. The number of aliphatic hydroxyl groups excluding tert-OH is 1. The van der Waals surface area contributed by atoms with Gasteiger partial charge in [0.05, 0.1) is 5.56 Å². The third kappa shape index (κ3) is 7.23. The number of hydrogen-bond donors (Lipinski definition) is 2. The molecule has 0 saturated carbocycles. The maximum atomic E-state index is 10.5. The minimum Gasteiger partial charge on any atom is -0.489 e. The van der Waals surface area contributed by atoms with Crippen molar-refractivity contribution in [3.8, 4) is 22.9 Å². The quantitative estimate of drug-likeness (QED) is 0.432. The molecule has 3 aromatic carbocycles. The summed E-state index contributed by atoms with van der Waals surface area (Å²) in [4.78, 5) is 0. The van der Waals surface area contributed by atoms with E-state index in [9.17, 15) is 10.4 Å². The Balaban J connectivity index is 1.48. The summed E-state index contributed by atoms with van der Waals surface area (Å²) < 4.78 is 5.84. The van der Waals surface area contributed by atoms with E-state index in [1.165, 1.54) is 5.56 Å². The van der Waals surface area contributed by atoms with Crippen molar-refractivity contribution in [2.24, 2.45) is 0 Å². The van der Waals surface area contributed by atoms with Crippen molar-refractivity contribution in [2.75, 3.05) is 13.2 Å². The lowest BCUT2D eigenvalue weighted by Crippen LogP contribution is -2.44. The van der Waals surface area contributed by atoms with Crippen molar-refractivity contribution in [2.45, 2.75) is 44.8 Å². The van der Waals surface area contributed by atoms with E-state index < -0.39 is 6.10 Å². The third-order valence-electron chi connectivity index (χ3n) is 5.57. The molecule has 32 heavy (non-hydrogen) atoms. The number of nitriles is 1. The molecule has 0 aromatic heterocycles. The van der Waals surface area contributed by atoms with Crippen LogP contribution in [-0.4, -0.2) is 29.9 Å². The Hall–Kier alpha value is -3.13. The Morgan fingerprint density at radius 3 is 2.34 bits per heavy atom. The minimum atomic E-state index is -0.671. The second kappa shape index (κ2) is 11.5. The fourth-order valence-electron chi connectivity index (χ4n) is 3.65. The number of ether oxygens (including phenoxy) is 1. The van der Waals surface area contributed by atoms with Crippen LogP contribution in [0.2, 0.25) is 0 Å². The summed E-state index contributed by atoms with van der Waals surface area (Å²) in [6.07, 6.45) is 2.46. The van der Waals surface area contributed by atoms with Gasteiger partial charge in [-0.2, -0.15) is 5.26 Å². The van der Waals surface area contributed by atoms with E-state index in [-0.39, 0.29) is 12.1 Å². The fraction of sp³-hybridized carbons (Fsp3) is 0.321. The molecule has 0 aliphatic carbocycles. The fourth-order valence-corrected chi connectivity index (χ4v) is 3.65. The Morgan fingerprint density at radius 2 is 1.66 bits per heavy atom. The minimum absolute atomic E-state index is 0.0825. The molecule has 3 aromatic rings. The molecule has 0 heterocycles. The predicted octanol–water partition coefficient (Wildman–Crippen LogP) is 5.36. The Labute approximate surface area is 191 Å². The van der Waals surface area contributed by atoms with E-state index in [0.717, 1.165) is 30.4 Å². The van der Waals surface area contributed by atoms with Crippen LogP contribution in [0.3, 0.4) is 0 Å². The van der Waals surface area contributed by atoms with Gasteiger partial charge >= 0.3 is 0 Å². The van der Waals surface area contributed by atoms with Crippen LogP contribution in [0.15, 0.2) is 78.9 Å². The van der Waals surface area contributed by atoms with E-state index in [1.807, 2.05) is 48.5 Å². The van der Waals surface area contributed by atoms with Gasteiger partial charge in [-0.1, -0.05) is 66.7 Å². The first kappa shape index (κ1) is 23.5. The molecule has 0 spiro atoms. The number of β-amino-alcohol motifs (C(OH)–C–C–N with tert-alkyl or cyclic N) is 1. The van der Waals surface area contributed by atoms with Crippen molar-refractivity contribution in [3.05, 3.63) is 90.0 Å². The molecule has 0 amide bonds. The molecule has 3 rings (SSSR count). The van der Waals surface area contributed by atoms with Gasteiger partial charge < -0.3 is 15.2 Å². The highest BCUT2D eigenvalue weighted by Gasteiger charge is 2.19. The standard InChI is InChI=1S/C28H32N2O2/c1-28(2,17-9-12-22-10-5-3-6-11-22)30-20-26(31)21-32-27-18-24(15-16-25(27)19-29)23-13-7-4-8-14-23/h3-8,10-11,13-16,18,26,30-31H,9,12,17,20-21H2,1-2H3/t26-/m1/s1. The second-order valence-corrected chi connectivity index (χ2v) is 8.76. The maximum absolute atomic E-state index is 10.5. The summed E-state index contributed by atoms with van der Waals surface area (Å²) >= 11 is 0. The van der Waals surface area contributed by atoms with E-state index in [1.54, 1.807) is 6.07 Å². The van der Waals surface area contributed by atoms with Crippen LogP contribution < -0.4 is 10.1 Å². The lowest BCUT2D eigenvalue weighted by atomic mass is 9.95. The number of benzene rings is 3. The van der Waals surface area contributed by atoms with Gasteiger partial charge in [-0.25, -0.2) is 0 Å². The zero-order chi connectivity index (χ0) is 22.8. The van der Waals surface area contributed by atoms with Gasteiger partial charge in [-0.3, -0.25) is 0 Å². The molecular weight excluding hydrogens is 396 g/mol. The summed E-state index contributed by atoms with van der Waals surface area (Å²) in [6, 6.07) is 28.2. The molecule has 166 valence electrons. The smallest absolute Gasteiger partial charge is 0.137 e. The van der Waals surface area contributed by atoms with Crippen molar-refractivity contribution in [1.82, 2.24) is 5.32 Å². The number of nitrogens with zero attached hydrogens (tertiary/aromatic N) is 1. The zero-order valence-electron chi connectivity index (χ0n) is 18.9. The maximum Gasteiger partial charge on any atom is 0.137 e. The van der Waals surface area contributed by atoms with Crippen molar-refractivity contribution in [3.63, 3.8) is 0 Å². The molecule has 4 heteroatoms. The lowest BCUT2D eigenvalue weighted by molar-refractivity contribution is 0.0978. The van der Waals surface area contributed by atoms with Gasteiger partial charge in [0.1, 0.15) is 24.5 Å². The van der Waals surface area contributed by atoms with E-state index in [0.29, 0.717) is 17.9 Å². The summed E-state index contributed by atoms with van der Waals surface area (Å²) in [6.45, 7) is 4.87. The average molecular weight is 429 g/mol.